The van der Waals surface area contributed by atoms with Gasteiger partial charge in [0.25, 0.3) is 5.91 Å². The molecule has 1 saturated carbocycles. The number of nitrogens with zero attached hydrogens (tertiary/aromatic N) is 2. The number of likely N-dealkylation sites (tertiary alicyclic amines) is 1. The van der Waals surface area contributed by atoms with Gasteiger partial charge in [-0.15, -0.1) is 0 Å². The van der Waals surface area contributed by atoms with Gasteiger partial charge in [0.15, 0.2) is 6.61 Å². The van der Waals surface area contributed by atoms with Gasteiger partial charge in [0.1, 0.15) is 6.04 Å². The number of amides is 3. The number of ether oxygens (including phenoxy) is 1. The fourth-order valence-electron chi connectivity index (χ4n) is 3.97. The number of benzene rings is 1. The summed E-state index contributed by atoms with van der Waals surface area (Å²) >= 11 is 0. The molecule has 0 radical (unpaired) electrons. The van der Waals surface area contributed by atoms with Gasteiger partial charge >= 0.3 is 5.97 Å². The molecule has 3 rings (SSSR count). The van der Waals surface area contributed by atoms with Crippen LogP contribution in [-0.4, -0.2) is 55.3 Å². The summed E-state index contributed by atoms with van der Waals surface area (Å²) in [7, 11) is 3.83. The molecule has 1 aromatic rings. The van der Waals surface area contributed by atoms with Crippen LogP contribution in [0.4, 0.5) is 11.4 Å². The van der Waals surface area contributed by atoms with Gasteiger partial charge in [0.2, 0.25) is 11.8 Å². The van der Waals surface area contributed by atoms with E-state index in [1.807, 2.05) is 31.1 Å². The van der Waals surface area contributed by atoms with Gasteiger partial charge in [-0.05, 0) is 44.0 Å². The van der Waals surface area contributed by atoms with Gasteiger partial charge in [-0.2, -0.15) is 0 Å². The summed E-state index contributed by atoms with van der Waals surface area (Å²) in [6, 6.07) is 6.18. The topological polar surface area (TPSA) is 96.0 Å². The first-order valence-electron chi connectivity index (χ1n) is 9.90. The lowest BCUT2D eigenvalue weighted by Crippen LogP contribution is -2.45. The van der Waals surface area contributed by atoms with Crippen molar-refractivity contribution in [3.8, 4) is 0 Å². The normalized spacial score (nSPS) is 22.1. The first kappa shape index (κ1) is 20.8. The van der Waals surface area contributed by atoms with E-state index in [4.69, 9.17) is 4.74 Å². The number of carbonyl (C=O) groups excluding carboxylic acids is 4. The number of carbonyl (C=O) groups is 4. The summed E-state index contributed by atoms with van der Waals surface area (Å²) in [5.41, 5.74) is 1.57. The maximum absolute atomic E-state index is 12.6. The Kier molecular flexibility index (Phi) is 6.20. The molecular weight excluding hydrogens is 374 g/mol. The molecule has 0 unspecified atom stereocenters. The van der Waals surface area contributed by atoms with Crippen LogP contribution in [0, 0.1) is 11.8 Å². The molecule has 156 valence electrons. The van der Waals surface area contributed by atoms with E-state index in [0.29, 0.717) is 18.5 Å². The fourth-order valence-corrected chi connectivity index (χ4v) is 3.97. The average molecular weight is 401 g/mol. The molecule has 0 spiro atoms. The first-order chi connectivity index (χ1) is 13.8. The molecule has 1 aromatic carbocycles. The zero-order valence-electron chi connectivity index (χ0n) is 17.0. The minimum Gasteiger partial charge on any atom is -0.454 e. The molecule has 1 heterocycles. The molecule has 8 nitrogen and oxygen atoms in total. The number of esters is 1. The highest BCUT2D eigenvalue weighted by atomic mass is 16.5. The number of rotatable bonds is 6. The van der Waals surface area contributed by atoms with E-state index in [-0.39, 0.29) is 23.7 Å². The van der Waals surface area contributed by atoms with Crippen molar-refractivity contribution in [2.24, 2.45) is 11.8 Å². The van der Waals surface area contributed by atoms with Gasteiger partial charge in [-0.25, -0.2) is 4.79 Å². The van der Waals surface area contributed by atoms with E-state index in [9.17, 15) is 19.2 Å². The second kappa shape index (κ2) is 8.63. The Morgan fingerprint density at radius 1 is 1.10 bits per heavy atom. The van der Waals surface area contributed by atoms with Crippen molar-refractivity contribution >= 4 is 35.1 Å². The highest BCUT2D eigenvalue weighted by Gasteiger charge is 2.51. The van der Waals surface area contributed by atoms with E-state index in [1.54, 1.807) is 12.1 Å². The summed E-state index contributed by atoms with van der Waals surface area (Å²) in [5.74, 6) is -2.48. The predicted molar refractivity (Wildman–Crippen MR) is 107 cm³/mol. The lowest BCUT2D eigenvalue weighted by Gasteiger charge is -2.21. The number of anilines is 2. The molecule has 8 heteroatoms. The predicted octanol–water partition coefficient (Wildman–Crippen LogP) is 1.80. The van der Waals surface area contributed by atoms with Crippen molar-refractivity contribution < 1.29 is 23.9 Å². The van der Waals surface area contributed by atoms with E-state index in [2.05, 4.69) is 5.32 Å². The quantitative estimate of drug-likeness (QED) is 0.577. The molecule has 3 atom stereocenters. The van der Waals surface area contributed by atoms with Crippen molar-refractivity contribution in [3.05, 3.63) is 24.3 Å². The van der Waals surface area contributed by atoms with Crippen LogP contribution < -0.4 is 10.2 Å². The van der Waals surface area contributed by atoms with Gasteiger partial charge in [0.05, 0.1) is 11.8 Å². The molecular formula is C21H27N3O5. The first-order valence-corrected chi connectivity index (χ1v) is 9.90. The maximum Gasteiger partial charge on any atom is 0.329 e. The smallest absolute Gasteiger partial charge is 0.329 e. The third kappa shape index (κ3) is 4.41. The van der Waals surface area contributed by atoms with Gasteiger partial charge in [-0.1, -0.05) is 12.8 Å². The zero-order valence-corrected chi connectivity index (χ0v) is 17.0. The van der Waals surface area contributed by atoms with Crippen LogP contribution in [0.3, 0.4) is 0 Å². The molecule has 1 aliphatic heterocycles. The SMILES string of the molecule is C[C@@H](C(=O)OCC(=O)Nc1ccc(N(C)C)cc1)N1C(=O)[C@@H]2CCCC[C@H]2C1=O. The molecule has 0 bridgehead atoms. The molecule has 2 aliphatic rings. The second-order valence-corrected chi connectivity index (χ2v) is 7.82. The van der Waals surface area contributed by atoms with Crippen molar-refractivity contribution in [1.82, 2.24) is 4.90 Å². The van der Waals surface area contributed by atoms with Crippen LogP contribution in [-0.2, 0) is 23.9 Å². The van der Waals surface area contributed by atoms with Crippen molar-refractivity contribution in [2.45, 2.75) is 38.6 Å². The molecule has 0 aromatic heterocycles. The molecule has 1 N–H and O–H groups in total. The summed E-state index contributed by atoms with van der Waals surface area (Å²) in [6.45, 7) is 0.981. The Hall–Kier alpha value is -2.90. The molecule has 2 fully saturated rings. The average Bonchev–Trinajstić information content (AvgIpc) is 2.96. The largest absolute Gasteiger partial charge is 0.454 e. The Morgan fingerprint density at radius 2 is 1.66 bits per heavy atom. The second-order valence-electron chi connectivity index (χ2n) is 7.82. The van der Waals surface area contributed by atoms with E-state index < -0.39 is 24.5 Å². The fraction of sp³-hybridized carbons (Fsp3) is 0.524. The van der Waals surface area contributed by atoms with Gasteiger partial charge < -0.3 is 15.0 Å². The molecule has 1 aliphatic carbocycles. The molecule has 3 amide bonds. The van der Waals surface area contributed by atoms with Crippen LogP contribution in [0.1, 0.15) is 32.6 Å². The minimum atomic E-state index is -1.03. The lowest BCUT2D eigenvalue weighted by molar-refractivity contribution is -0.159. The number of fused-ring (bicyclic) bond motifs is 1. The standard InChI is InChI=1S/C21H27N3O5/c1-13(24-19(26)16-6-4-5-7-17(16)20(24)27)21(28)29-12-18(25)22-14-8-10-15(11-9-14)23(2)3/h8-11,13,16-17H,4-7,12H2,1-3H3,(H,22,25)/t13-,16+,17+/m0/s1. The summed E-state index contributed by atoms with van der Waals surface area (Å²) in [5, 5.41) is 2.65. The number of hydrogen-bond acceptors (Lipinski definition) is 6. The van der Waals surface area contributed by atoms with Crippen molar-refractivity contribution in [2.75, 3.05) is 30.9 Å². The number of imide groups is 1. The third-order valence-electron chi connectivity index (χ3n) is 5.62. The van der Waals surface area contributed by atoms with Crippen LogP contribution >= 0.6 is 0 Å². The van der Waals surface area contributed by atoms with E-state index >= 15 is 0 Å². The molecule has 1 saturated heterocycles. The monoisotopic (exact) mass is 401 g/mol. The molecule has 29 heavy (non-hydrogen) atoms. The Morgan fingerprint density at radius 3 is 2.17 bits per heavy atom. The minimum absolute atomic E-state index is 0.297. The van der Waals surface area contributed by atoms with E-state index in [1.165, 1.54) is 6.92 Å². The third-order valence-corrected chi connectivity index (χ3v) is 5.62. The lowest BCUT2D eigenvalue weighted by atomic mass is 9.81. The van der Waals surface area contributed by atoms with Crippen LogP contribution in [0.25, 0.3) is 0 Å². The van der Waals surface area contributed by atoms with Gasteiger partial charge in [0, 0.05) is 25.5 Å². The Bertz CT molecular complexity index is 781. The van der Waals surface area contributed by atoms with Gasteiger partial charge in [-0.3, -0.25) is 19.3 Å². The van der Waals surface area contributed by atoms with Crippen LogP contribution in [0.2, 0.25) is 0 Å². The summed E-state index contributed by atoms with van der Waals surface area (Å²) < 4.78 is 5.06. The van der Waals surface area contributed by atoms with E-state index in [0.717, 1.165) is 23.4 Å². The van der Waals surface area contributed by atoms with Crippen molar-refractivity contribution in [1.29, 1.82) is 0 Å². The zero-order chi connectivity index (χ0) is 21.1. The Balaban J connectivity index is 1.52. The van der Waals surface area contributed by atoms with Crippen molar-refractivity contribution in [3.63, 3.8) is 0 Å². The Labute approximate surface area is 170 Å². The van der Waals surface area contributed by atoms with Crippen LogP contribution in [0.5, 0.6) is 0 Å². The highest BCUT2D eigenvalue weighted by molar-refractivity contribution is 6.08. The summed E-state index contributed by atoms with van der Waals surface area (Å²) in [6.07, 6.45) is 3.20. The summed E-state index contributed by atoms with van der Waals surface area (Å²) in [4.78, 5) is 52.5. The number of hydrogen-bond donors (Lipinski definition) is 1. The highest BCUT2D eigenvalue weighted by Crippen LogP contribution is 2.38. The number of nitrogens with one attached hydrogen (secondary N) is 1. The maximum atomic E-state index is 12.6. The van der Waals surface area contributed by atoms with Crippen LogP contribution in [0.15, 0.2) is 24.3 Å².